The molecule has 0 aromatic heterocycles. The van der Waals surface area contributed by atoms with Crippen LogP contribution < -0.4 is 10.1 Å². The Morgan fingerprint density at radius 1 is 1.20 bits per heavy atom. The van der Waals surface area contributed by atoms with Crippen LogP contribution in [-0.2, 0) is 4.79 Å². The molecule has 2 unspecified atom stereocenters. The van der Waals surface area contributed by atoms with Crippen molar-refractivity contribution in [2.75, 3.05) is 20.6 Å². The average Bonchev–Trinajstić information content (AvgIpc) is 2.56. The van der Waals surface area contributed by atoms with Gasteiger partial charge in [0.05, 0.1) is 6.04 Å². The molecule has 5 heteroatoms. The van der Waals surface area contributed by atoms with Gasteiger partial charge in [0.1, 0.15) is 11.6 Å². The monoisotopic (exact) mass is 344 g/mol. The molecule has 1 amide bonds. The van der Waals surface area contributed by atoms with Crippen LogP contribution in [0.4, 0.5) is 4.39 Å². The molecule has 2 aromatic rings. The van der Waals surface area contributed by atoms with E-state index < -0.39 is 6.10 Å². The van der Waals surface area contributed by atoms with Gasteiger partial charge in [0.2, 0.25) is 0 Å². The summed E-state index contributed by atoms with van der Waals surface area (Å²) in [7, 11) is 3.79. The molecule has 2 atom stereocenters. The SMILES string of the molecule is Cc1ccc(OC(C)C(=O)NCC(c2cccc(F)c2)N(C)C)cc1. The van der Waals surface area contributed by atoms with Gasteiger partial charge in [-0.15, -0.1) is 0 Å². The highest BCUT2D eigenvalue weighted by atomic mass is 19.1. The highest BCUT2D eigenvalue weighted by Gasteiger charge is 2.19. The van der Waals surface area contributed by atoms with Gasteiger partial charge in [-0.2, -0.15) is 0 Å². The third-order valence-electron chi connectivity index (χ3n) is 4.03. The predicted octanol–water partition coefficient (Wildman–Crippen LogP) is 3.32. The molecule has 0 fully saturated rings. The lowest BCUT2D eigenvalue weighted by Crippen LogP contribution is -2.41. The minimum Gasteiger partial charge on any atom is -0.481 e. The molecule has 0 saturated heterocycles. The van der Waals surface area contributed by atoms with Gasteiger partial charge in [0.25, 0.3) is 5.91 Å². The fourth-order valence-corrected chi connectivity index (χ4v) is 2.53. The highest BCUT2D eigenvalue weighted by molar-refractivity contribution is 5.80. The summed E-state index contributed by atoms with van der Waals surface area (Å²) >= 11 is 0. The molecular formula is C20H25FN2O2. The summed E-state index contributed by atoms with van der Waals surface area (Å²) in [6.07, 6.45) is -0.613. The number of amides is 1. The molecule has 1 N–H and O–H groups in total. The van der Waals surface area contributed by atoms with Gasteiger partial charge in [-0.3, -0.25) is 4.79 Å². The molecule has 4 nitrogen and oxygen atoms in total. The number of halogens is 1. The van der Waals surface area contributed by atoms with Crippen LogP contribution in [0, 0.1) is 12.7 Å². The first-order valence-electron chi connectivity index (χ1n) is 8.29. The second kappa shape index (κ2) is 8.62. The molecule has 0 bridgehead atoms. The Labute approximate surface area is 148 Å². The first-order chi connectivity index (χ1) is 11.9. The number of hydrogen-bond donors (Lipinski definition) is 1. The number of hydrogen-bond acceptors (Lipinski definition) is 3. The molecule has 0 aliphatic heterocycles. The quantitative estimate of drug-likeness (QED) is 0.838. The minimum absolute atomic E-state index is 0.119. The predicted molar refractivity (Wildman–Crippen MR) is 97.1 cm³/mol. The topological polar surface area (TPSA) is 41.6 Å². The molecule has 0 aliphatic rings. The van der Waals surface area contributed by atoms with Gasteiger partial charge in [0.15, 0.2) is 6.10 Å². The standard InChI is InChI=1S/C20H25FN2O2/c1-14-8-10-18(11-9-14)25-15(2)20(24)22-13-19(23(3)4)16-6-5-7-17(21)12-16/h5-12,15,19H,13H2,1-4H3,(H,22,24). The Bertz CT molecular complexity index is 701. The number of rotatable bonds is 7. The molecule has 0 spiro atoms. The van der Waals surface area contributed by atoms with Crippen LogP contribution in [0.1, 0.15) is 24.1 Å². The van der Waals surface area contributed by atoms with Crippen molar-refractivity contribution in [3.8, 4) is 5.75 Å². The first kappa shape index (κ1) is 18.9. The van der Waals surface area contributed by atoms with Crippen molar-refractivity contribution in [1.82, 2.24) is 10.2 Å². The van der Waals surface area contributed by atoms with Crippen molar-refractivity contribution in [2.24, 2.45) is 0 Å². The third-order valence-corrected chi connectivity index (χ3v) is 4.03. The minimum atomic E-state index is -0.613. The summed E-state index contributed by atoms with van der Waals surface area (Å²) in [5.41, 5.74) is 1.95. The number of carbonyl (C=O) groups is 1. The van der Waals surface area contributed by atoms with Crippen molar-refractivity contribution in [3.05, 3.63) is 65.5 Å². The van der Waals surface area contributed by atoms with Gasteiger partial charge < -0.3 is 15.0 Å². The highest BCUT2D eigenvalue weighted by Crippen LogP contribution is 2.18. The molecular weight excluding hydrogens is 319 g/mol. The van der Waals surface area contributed by atoms with Gasteiger partial charge in [-0.25, -0.2) is 4.39 Å². The van der Waals surface area contributed by atoms with Crippen molar-refractivity contribution < 1.29 is 13.9 Å². The van der Waals surface area contributed by atoms with Crippen LogP contribution in [0.15, 0.2) is 48.5 Å². The van der Waals surface area contributed by atoms with Gasteiger partial charge >= 0.3 is 0 Å². The molecule has 0 saturated carbocycles. The van der Waals surface area contributed by atoms with E-state index in [2.05, 4.69) is 5.32 Å². The van der Waals surface area contributed by atoms with Crippen molar-refractivity contribution in [1.29, 1.82) is 0 Å². The maximum Gasteiger partial charge on any atom is 0.260 e. The summed E-state index contributed by atoms with van der Waals surface area (Å²) in [5.74, 6) is 0.165. The number of nitrogens with one attached hydrogen (secondary N) is 1. The smallest absolute Gasteiger partial charge is 0.260 e. The van der Waals surface area contributed by atoms with Crippen molar-refractivity contribution in [3.63, 3.8) is 0 Å². The number of carbonyl (C=O) groups excluding carboxylic acids is 1. The van der Waals surface area contributed by atoms with Gasteiger partial charge in [-0.1, -0.05) is 29.8 Å². The number of aryl methyl sites for hydroxylation is 1. The van der Waals surface area contributed by atoms with E-state index in [1.165, 1.54) is 12.1 Å². The summed E-state index contributed by atoms with van der Waals surface area (Å²) in [4.78, 5) is 14.3. The van der Waals surface area contributed by atoms with E-state index in [0.717, 1.165) is 11.1 Å². The zero-order valence-electron chi connectivity index (χ0n) is 15.1. The summed E-state index contributed by atoms with van der Waals surface area (Å²) in [5, 5.41) is 2.89. The summed E-state index contributed by atoms with van der Waals surface area (Å²) < 4.78 is 19.1. The van der Waals surface area contributed by atoms with Crippen LogP contribution in [-0.4, -0.2) is 37.6 Å². The molecule has 0 radical (unpaired) electrons. The fraction of sp³-hybridized carbons (Fsp3) is 0.350. The van der Waals surface area contributed by atoms with Gasteiger partial charge in [0, 0.05) is 6.54 Å². The second-order valence-corrected chi connectivity index (χ2v) is 6.35. The Morgan fingerprint density at radius 3 is 2.48 bits per heavy atom. The average molecular weight is 344 g/mol. The van der Waals surface area contributed by atoms with E-state index in [1.807, 2.05) is 56.3 Å². The Hall–Kier alpha value is -2.40. The fourth-order valence-electron chi connectivity index (χ4n) is 2.53. The maximum absolute atomic E-state index is 13.5. The Morgan fingerprint density at radius 2 is 1.88 bits per heavy atom. The van der Waals surface area contributed by atoms with Crippen molar-refractivity contribution >= 4 is 5.91 Å². The van der Waals surface area contributed by atoms with E-state index in [1.54, 1.807) is 13.0 Å². The summed E-state index contributed by atoms with van der Waals surface area (Å²) in [6, 6.07) is 13.9. The lowest BCUT2D eigenvalue weighted by atomic mass is 10.1. The van der Waals surface area contributed by atoms with E-state index >= 15 is 0 Å². The molecule has 0 heterocycles. The van der Waals surface area contributed by atoms with Crippen LogP contribution in [0.3, 0.4) is 0 Å². The van der Waals surface area contributed by atoms with Crippen molar-refractivity contribution in [2.45, 2.75) is 26.0 Å². The molecule has 2 rings (SSSR count). The molecule has 0 aliphatic carbocycles. The van der Waals surface area contributed by atoms with Crippen LogP contribution >= 0.6 is 0 Å². The summed E-state index contributed by atoms with van der Waals surface area (Å²) in [6.45, 7) is 4.08. The van der Waals surface area contributed by atoms with Crippen LogP contribution in [0.25, 0.3) is 0 Å². The second-order valence-electron chi connectivity index (χ2n) is 6.35. The Kier molecular flexibility index (Phi) is 6.53. The number of likely N-dealkylation sites (N-methyl/N-ethyl adjacent to an activating group) is 1. The normalized spacial score (nSPS) is 13.4. The first-order valence-corrected chi connectivity index (χ1v) is 8.29. The third kappa shape index (κ3) is 5.57. The molecule has 25 heavy (non-hydrogen) atoms. The van der Waals surface area contributed by atoms with E-state index in [-0.39, 0.29) is 17.8 Å². The lowest BCUT2D eigenvalue weighted by Gasteiger charge is -2.26. The van der Waals surface area contributed by atoms with Crippen LogP contribution in [0.2, 0.25) is 0 Å². The zero-order chi connectivity index (χ0) is 18.4. The number of nitrogens with zero attached hydrogens (tertiary/aromatic N) is 1. The van der Waals surface area contributed by atoms with E-state index in [0.29, 0.717) is 12.3 Å². The zero-order valence-corrected chi connectivity index (χ0v) is 15.1. The van der Waals surface area contributed by atoms with Gasteiger partial charge in [-0.05, 0) is 57.8 Å². The van der Waals surface area contributed by atoms with Crippen LogP contribution in [0.5, 0.6) is 5.75 Å². The number of benzene rings is 2. The lowest BCUT2D eigenvalue weighted by molar-refractivity contribution is -0.127. The van der Waals surface area contributed by atoms with E-state index in [9.17, 15) is 9.18 Å². The largest absolute Gasteiger partial charge is 0.481 e. The maximum atomic E-state index is 13.5. The number of ether oxygens (including phenoxy) is 1. The molecule has 2 aromatic carbocycles. The Balaban J connectivity index is 1.95. The molecule has 134 valence electrons. The van der Waals surface area contributed by atoms with E-state index in [4.69, 9.17) is 4.74 Å².